The number of hydrazine groups is 1. The van der Waals surface area contributed by atoms with Crippen molar-refractivity contribution in [1.82, 2.24) is 15.2 Å². The van der Waals surface area contributed by atoms with E-state index in [1.165, 1.54) is 17.1 Å². The van der Waals surface area contributed by atoms with Crippen LogP contribution in [0.5, 0.6) is 0 Å². The highest BCUT2D eigenvalue weighted by Crippen LogP contribution is 2.35. The van der Waals surface area contributed by atoms with Crippen LogP contribution in [-0.2, 0) is 6.18 Å². The minimum absolute atomic E-state index is 0.0777. The lowest BCUT2D eigenvalue weighted by Crippen LogP contribution is -2.46. The molecule has 0 saturated heterocycles. The molecule has 146 valence electrons. The first kappa shape index (κ1) is 18.1. The van der Waals surface area contributed by atoms with Crippen LogP contribution >= 0.6 is 0 Å². The number of likely N-dealkylation sites (N-methyl/N-ethyl adjacent to an activating group) is 1. The topological polar surface area (TPSA) is 42.0 Å². The van der Waals surface area contributed by atoms with E-state index in [0.717, 1.165) is 28.4 Å². The average Bonchev–Trinajstić information content (AvgIpc) is 2.99. The number of anilines is 1. The average molecular weight is 388 g/mol. The molecule has 0 saturated carbocycles. The summed E-state index contributed by atoms with van der Waals surface area (Å²) >= 11 is 0. The Hall–Kier alpha value is -3.29. The molecule has 0 amide bonds. The second-order valence-corrected chi connectivity index (χ2v) is 6.86. The summed E-state index contributed by atoms with van der Waals surface area (Å²) in [6.45, 7) is 0. The maximum absolute atomic E-state index is 12.8. The minimum atomic E-state index is -4.41. The number of aliphatic hydroxyl groups excluding tert-OH is 1. The Morgan fingerprint density at radius 1 is 0.964 bits per heavy atom. The Morgan fingerprint density at radius 2 is 1.57 bits per heavy atom. The zero-order chi connectivity index (χ0) is 20.2. The van der Waals surface area contributed by atoms with Crippen molar-refractivity contribution in [3.05, 3.63) is 76.1 Å². The predicted molar refractivity (Wildman–Crippen MR) is 101 cm³/mol. The van der Waals surface area contributed by atoms with Gasteiger partial charge in [-0.05, 0) is 24.3 Å². The Labute approximate surface area is 159 Å². The molecule has 0 atom stereocenters. The summed E-state index contributed by atoms with van der Waals surface area (Å²) < 4.78 is 38.5. The number of benzene rings is 2. The smallest absolute Gasteiger partial charge is 0.416 e. The van der Waals surface area contributed by atoms with Crippen molar-refractivity contribution in [3.63, 3.8) is 0 Å². The van der Waals surface area contributed by atoms with Gasteiger partial charge in [0.1, 0.15) is 11.5 Å². The van der Waals surface area contributed by atoms with Gasteiger partial charge in [0, 0.05) is 31.6 Å². The highest BCUT2D eigenvalue weighted by atomic mass is 19.4. The molecule has 0 unspecified atom stereocenters. The normalized spacial score (nSPS) is 16.2. The molecule has 0 spiro atoms. The molecule has 28 heavy (non-hydrogen) atoms. The Morgan fingerprint density at radius 3 is 2.14 bits per heavy atom. The van der Waals surface area contributed by atoms with E-state index in [1.807, 2.05) is 55.2 Å². The van der Waals surface area contributed by atoms with E-state index < -0.39 is 11.7 Å². The molecule has 5 nitrogen and oxygen atoms in total. The van der Waals surface area contributed by atoms with Crippen molar-refractivity contribution in [2.24, 2.45) is 0 Å². The second kappa shape index (κ2) is 6.12. The van der Waals surface area contributed by atoms with Crippen LogP contribution in [0.4, 0.5) is 18.9 Å². The van der Waals surface area contributed by atoms with Crippen LogP contribution in [0.15, 0.2) is 60.1 Å². The Balaban J connectivity index is 1.85. The number of hydrogen-bond acceptors (Lipinski definition) is 5. The van der Waals surface area contributed by atoms with Gasteiger partial charge in [-0.1, -0.05) is 24.3 Å². The van der Waals surface area contributed by atoms with E-state index in [2.05, 4.69) is 5.43 Å². The van der Waals surface area contributed by atoms with Crippen LogP contribution in [-0.4, -0.2) is 36.0 Å². The molecule has 2 heterocycles. The Bertz CT molecular complexity index is 1090. The number of nitrogens with one attached hydrogen (secondary N) is 1. The fourth-order valence-electron chi connectivity index (χ4n) is 3.65. The van der Waals surface area contributed by atoms with Gasteiger partial charge in [-0.15, -0.1) is 0 Å². The van der Waals surface area contributed by atoms with Crippen LogP contribution in [0.2, 0.25) is 0 Å². The molecule has 4 rings (SSSR count). The maximum Gasteiger partial charge on any atom is 0.416 e. The third-order valence-electron chi connectivity index (χ3n) is 4.85. The zero-order valence-corrected chi connectivity index (χ0v) is 15.5. The number of fused-ring (bicyclic) bond motifs is 2. The molecule has 0 aliphatic carbocycles. The number of alkyl halides is 3. The molecule has 8 heteroatoms. The highest BCUT2D eigenvalue weighted by molar-refractivity contribution is 5.77. The quantitative estimate of drug-likeness (QED) is 0.825. The number of aliphatic hydroxyl groups is 1. The molecule has 2 aromatic carbocycles. The van der Waals surface area contributed by atoms with E-state index >= 15 is 0 Å². The highest BCUT2D eigenvalue weighted by Gasteiger charge is 2.36. The molecule has 2 aliphatic rings. The lowest BCUT2D eigenvalue weighted by molar-refractivity contribution is -0.137. The van der Waals surface area contributed by atoms with Crippen LogP contribution in [0.3, 0.4) is 0 Å². The van der Waals surface area contributed by atoms with Crippen molar-refractivity contribution in [2.45, 2.75) is 6.18 Å². The lowest BCUT2D eigenvalue weighted by atomic mass is 10.1. The van der Waals surface area contributed by atoms with Gasteiger partial charge in [0.05, 0.1) is 16.9 Å². The molecule has 0 radical (unpaired) electrons. The fraction of sp³-hybridized carbons (Fsp3) is 0.200. The first-order chi connectivity index (χ1) is 13.2. The first-order valence-electron chi connectivity index (χ1n) is 8.62. The largest absolute Gasteiger partial charge is 0.492 e. The summed E-state index contributed by atoms with van der Waals surface area (Å²) in [4.78, 5) is 3.82. The Kier molecular flexibility index (Phi) is 3.95. The SMILES string of the molecule is CN(C)C1=c2ccccc2=C2NN(c3ccc(C(F)(F)F)cc3)C(O)=C2N1C. The van der Waals surface area contributed by atoms with Gasteiger partial charge in [0.15, 0.2) is 0 Å². The molecule has 0 aromatic heterocycles. The zero-order valence-electron chi connectivity index (χ0n) is 15.5. The summed E-state index contributed by atoms with van der Waals surface area (Å²) in [6, 6.07) is 12.4. The maximum atomic E-state index is 12.8. The standard InChI is InChI=1S/C20H19F3N4O/c1-25(2)18-15-7-5-4-6-14(15)16-17(26(18)3)19(28)27(24-16)13-10-8-12(9-11-13)20(21,22)23/h4-11,24,28H,1-3H3. The number of halogens is 3. The van der Waals surface area contributed by atoms with Crippen LogP contribution in [0.25, 0.3) is 11.5 Å². The van der Waals surface area contributed by atoms with Crippen molar-refractivity contribution in [2.75, 3.05) is 26.2 Å². The van der Waals surface area contributed by atoms with Crippen LogP contribution in [0.1, 0.15) is 5.56 Å². The van der Waals surface area contributed by atoms with Gasteiger partial charge in [-0.3, -0.25) is 5.43 Å². The van der Waals surface area contributed by atoms with E-state index in [-0.39, 0.29) is 5.88 Å². The molecular formula is C20H19F3N4O. The predicted octanol–water partition coefficient (Wildman–Crippen LogP) is 2.14. The molecule has 2 aromatic rings. The first-order valence-corrected chi connectivity index (χ1v) is 8.62. The van der Waals surface area contributed by atoms with Crippen molar-refractivity contribution in [1.29, 1.82) is 0 Å². The summed E-state index contributed by atoms with van der Waals surface area (Å²) in [7, 11) is 5.68. The molecule has 2 aliphatic heterocycles. The lowest BCUT2D eigenvalue weighted by Gasteiger charge is -2.31. The monoisotopic (exact) mass is 388 g/mol. The van der Waals surface area contributed by atoms with Gasteiger partial charge >= 0.3 is 6.18 Å². The van der Waals surface area contributed by atoms with Crippen LogP contribution < -0.4 is 20.9 Å². The van der Waals surface area contributed by atoms with Crippen molar-refractivity contribution in [3.8, 4) is 0 Å². The summed E-state index contributed by atoms with van der Waals surface area (Å²) in [5, 5.41) is 14.2. The number of rotatable bonds is 2. The van der Waals surface area contributed by atoms with Gasteiger partial charge in [-0.25, -0.2) is 5.01 Å². The molecule has 0 bridgehead atoms. The summed E-state index contributed by atoms with van der Waals surface area (Å²) in [5.74, 6) is 0.822. The molecule has 2 N–H and O–H groups in total. The van der Waals surface area contributed by atoms with E-state index in [1.54, 1.807) is 0 Å². The second-order valence-electron chi connectivity index (χ2n) is 6.86. The van der Waals surface area contributed by atoms with Crippen LogP contribution in [0, 0.1) is 0 Å². The van der Waals surface area contributed by atoms with Crippen molar-refractivity contribution < 1.29 is 18.3 Å². The van der Waals surface area contributed by atoms with E-state index in [9.17, 15) is 18.3 Å². The number of hydrogen-bond donors (Lipinski definition) is 2. The summed E-state index contributed by atoms with van der Waals surface area (Å²) in [5.41, 5.74) is 4.05. The summed E-state index contributed by atoms with van der Waals surface area (Å²) in [6.07, 6.45) is -4.41. The van der Waals surface area contributed by atoms with Gasteiger partial charge < -0.3 is 14.9 Å². The number of nitrogens with zero attached hydrogens (tertiary/aromatic N) is 3. The van der Waals surface area contributed by atoms with E-state index in [4.69, 9.17) is 0 Å². The van der Waals surface area contributed by atoms with Crippen molar-refractivity contribution >= 4 is 17.2 Å². The fourth-order valence-corrected chi connectivity index (χ4v) is 3.65. The van der Waals surface area contributed by atoms with Gasteiger partial charge in [0.25, 0.3) is 0 Å². The van der Waals surface area contributed by atoms with Gasteiger partial charge in [0.2, 0.25) is 5.88 Å². The molecular weight excluding hydrogens is 369 g/mol. The third kappa shape index (κ3) is 2.64. The van der Waals surface area contributed by atoms with E-state index in [0.29, 0.717) is 17.1 Å². The minimum Gasteiger partial charge on any atom is -0.492 e. The van der Waals surface area contributed by atoms with Gasteiger partial charge in [-0.2, -0.15) is 13.2 Å². The molecule has 0 fully saturated rings. The third-order valence-corrected chi connectivity index (χ3v) is 4.85.